The highest BCUT2D eigenvalue weighted by atomic mass is 16.6. The average Bonchev–Trinajstić information content (AvgIpc) is 2.96. The zero-order valence-corrected chi connectivity index (χ0v) is 11.3. The van der Waals surface area contributed by atoms with Crippen LogP contribution in [0.3, 0.4) is 0 Å². The van der Waals surface area contributed by atoms with Crippen molar-refractivity contribution in [2.75, 3.05) is 13.7 Å². The number of hydrogen-bond donors (Lipinski definition) is 1. The van der Waals surface area contributed by atoms with E-state index in [-0.39, 0.29) is 29.7 Å². The molecule has 1 aromatic carbocycles. The number of aromatic nitrogens is 3. The third kappa shape index (κ3) is 2.96. The Bertz CT molecular complexity index is 682. The van der Waals surface area contributed by atoms with Gasteiger partial charge in [-0.1, -0.05) is 0 Å². The topological polar surface area (TPSA) is 120 Å². The fourth-order valence-electron chi connectivity index (χ4n) is 1.65. The predicted octanol–water partition coefficient (Wildman–Crippen LogP) is 1.57. The number of ether oxygens (including phenoxy) is 2. The molecule has 0 saturated carbocycles. The number of nitrogens with zero attached hydrogens (tertiary/aromatic N) is 3. The van der Waals surface area contributed by atoms with Crippen molar-refractivity contribution in [3.05, 3.63) is 34.1 Å². The highest BCUT2D eigenvalue weighted by molar-refractivity contribution is 5.85. The van der Waals surface area contributed by atoms with Gasteiger partial charge in [0.05, 0.1) is 18.6 Å². The Kier molecular flexibility index (Phi) is 4.12. The molecular weight excluding hydrogens is 280 g/mol. The van der Waals surface area contributed by atoms with Gasteiger partial charge in [0.25, 0.3) is 0 Å². The molecule has 0 saturated heterocycles. The molecule has 0 aliphatic heterocycles. The molecule has 0 fully saturated rings. The van der Waals surface area contributed by atoms with Gasteiger partial charge in [-0.15, -0.1) is 0 Å². The Morgan fingerprint density at radius 2 is 2.24 bits per heavy atom. The van der Waals surface area contributed by atoms with Crippen LogP contribution in [0.4, 0.5) is 5.69 Å². The summed E-state index contributed by atoms with van der Waals surface area (Å²) in [5.41, 5.74) is 0.173. The number of hydrogen-bond acceptors (Lipinski definition) is 7. The van der Waals surface area contributed by atoms with Gasteiger partial charge in [-0.2, -0.15) is 5.10 Å². The minimum Gasteiger partial charge on any atom is -0.490 e. The number of aromatic amines is 1. The number of carbonyl (C=O) groups excluding carboxylic acids is 1. The molecule has 0 aliphatic carbocycles. The fourth-order valence-corrected chi connectivity index (χ4v) is 1.65. The number of methoxy groups -OCH3 is 1. The molecule has 0 aliphatic rings. The van der Waals surface area contributed by atoms with Gasteiger partial charge in [-0.25, -0.2) is 9.78 Å². The van der Waals surface area contributed by atoms with Crippen molar-refractivity contribution >= 4 is 11.7 Å². The molecule has 9 nitrogen and oxygen atoms in total. The number of rotatable bonds is 5. The summed E-state index contributed by atoms with van der Waals surface area (Å²) in [6, 6.07) is 4.27. The lowest BCUT2D eigenvalue weighted by atomic mass is 10.2. The van der Waals surface area contributed by atoms with E-state index in [0.29, 0.717) is 5.56 Å². The van der Waals surface area contributed by atoms with Crippen molar-refractivity contribution in [1.29, 1.82) is 0 Å². The van der Waals surface area contributed by atoms with E-state index in [4.69, 9.17) is 9.47 Å². The fraction of sp³-hybridized carbons (Fsp3) is 0.250. The first-order valence-electron chi connectivity index (χ1n) is 5.99. The van der Waals surface area contributed by atoms with Gasteiger partial charge in [0.1, 0.15) is 0 Å². The van der Waals surface area contributed by atoms with Gasteiger partial charge >= 0.3 is 11.7 Å². The summed E-state index contributed by atoms with van der Waals surface area (Å²) in [6.07, 6.45) is 0. The summed E-state index contributed by atoms with van der Waals surface area (Å²) in [4.78, 5) is 25.8. The van der Waals surface area contributed by atoms with Crippen LogP contribution < -0.4 is 4.74 Å². The maximum atomic E-state index is 11.5. The summed E-state index contributed by atoms with van der Waals surface area (Å²) in [6.45, 7) is 1.88. The molecule has 0 atom stereocenters. The minimum absolute atomic E-state index is 0.0645. The molecule has 2 rings (SSSR count). The average molecular weight is 292 g/mol. The zero-order chi connectivity index (χ0) is 15.4. The van der Waals surface area contributed by atoms with Gasteiger partial charge in [0.2, 0.25) is 5.82 Å². The zero-order valence-electron chi connectivity index (χ0n) is 11.3. The van der Waals surface area contributed by atoms with E-state index in [1.807, 2.05) is 0 Å². The van der Waals surface area contributed by atoms with E-state index in [9.17, 15) is 14.9 Å². The van der Waals surface area contributed by atoms with Gasteiger partial charge in [-0.3, -0.25) is 15.2 Å². The van der Waals surface area contributed by atoms with Gasteiger partial charge in [-0.05, 0) is 19.1 Å². The maximum Gasteiger partial charge on any atom is 0.375 e. The van der Waals surface area contributed by atoms with Crippen LogP contribution in [-0.4, -0.2) is 39.8 Å². The number of carbonyl (C=O) groups is 1. The number of esters is 1. The molecule has 1 aromatic heterocycles. The standard InChI is InChI=1S/C12H12N4O5/c1-3-21-12(17)11-13-10(14-15-11)7-4-5-9(20-2)8(6-7)16(18)19/h4-6H,3H2,1-2H3,(H,13,14,15). The van der Waals surface area contributed by atoms with Gasteiger partial charge in [0.15, 0.2) is 11.6 Å². The Morgan fingerprint density at radius 3 is 2.86 bits per heavy atom. The van der Waals surface area contributed by atoms with Crippen molar-refractivity contribution in [3.8, 4) is 17.1 Å². The van der Waals surface area contributed by atoms with Crippen LogP contribution in [0.2, 0.25) is 0 Å². The monoisotopic (exact) mass is 292 g/mol. The third-order valence-corrected chi connectivity index (χ3v) is 2.59. The summed E-state index contributed by atoms with van der Waals surface area (Å²) in [5.74, 6) is -0.418. The molecule has 0 bridgehead atoms. The molecule has 9 heteroatoms. The molecule has 1 heterocycles. The van der Waals surface area contributed by atoms with Crippen molar-refractivity contribution in [2.24, 2.45) is 0 Å². The highest BCUT2D eigenvalue weighted by Gasteiger charge is 2.19. The van der Waals surface area contributed by atoms with Crippen LogP contribution in [-0.2, 0) is 4.74 Å². The van der Waals surface area contributed by atoms with Crippen molar-refractivity contribution in [1.82, 2.24) is 15.2 Å². The molecule has 0 radical (unpaired) electrons. The van der Waals surface area contributed by atoms with Crippen LogP contribution in [0.1, 0.15) is 17.5 Å². The molecule has 2 aromatic rings. The molecule has 110 valence electrons. The minimum atomic E-state index is -0.640. The molecule has 0 amide bonds. The number of H-pyrrole nitrogens is 1. The summed E-state index contributed by atoms with van der Waals surface area (Å²) in [5, 5.41) is 17.2. The summed E-state index contributed by atoms with van der Waals surface area (Å²) >= 11 is 0. The lowest BCUT2D eigenvalue weighted by Gasteiger charge is -2.02. The summed E-state index contributed by atoms with van der Waals surface area (Å²) in [7, 11) is 1.34. The van der Waals surface area contributed by atoms with E-state index in [1.165, 1.54) is 19.2 Å². The molecular formula is C12H12N4O5. The number of nitrogens with one attached hydrogen (secondary N) is 1. The first-order valence-corrected chi connectivity index (χ1v) is 5.99. The SMILES string of the molecule is CCOC(=O)c1nc(-c2ccc(OC)c([N+](=O)[O-])c2)n[nH]1. The molecule has 0 unspecified atom stereocenters. The van der Waals surface area contributed by atoms with Gasteiger partial charge in [0, 0.05) is 11.6 Å². The van der Waals surface area contributed by atoms with E-state index < -0.39 is 10.9 Å². The van der Waals surface area contributed by atoms with E-state index in [1.54, 1.807) is 13.0 Å². The normalized spacial score (nSPS) is 10.2. The Morgan fingerprint density at radius 1 is 1.48 bits per heavy atom. The highest BCUT2D eigenvalue weighted by Crippen LogP contribution is 2.30. The van der Waals surface area contributed by atoms with Crippen LogP contribution in [0, 0.1) is 10.1 Å². The van der Waals surface area contributed by atoms with E-state index in [2.05, 4.69) is 15.2 Å². The lowest BCUT2D eigenvalue weighted by Crippen LogP contribution is -2.06. The number of nitro benzene ring substituents is 1. The van der Waals surface area contributed by atoms with Gasteiger partial charge < -0.3 is 9.47 Å². The van der Waals surface area contributed by atoms with Crippen molar-refractivity contribution in [2.45, 2.75) is 6.92 Å². The molecule has 0 spiro atoms. The second-order valence-electron chi connectivity index (χ2n) is 3.87. The maximum absolute atomic E-state index is 11.5. The molecule has 1 N–H and O–H groups in total. The van der Waals surface area contributed by atoms with Crippen molar-refractivity contribution < 1.29 is 19.2 Å². The lowest BCUT2D eigenvalue weighted by molar-refractivity contribution is -0.385. The van der Waals surface area contributed by atoms with Crippen LogP contribution in [0.15, 0.2) is 18.2 Å². The predicted molar refractivity (Wildman–Crippen MR) is 71.0 cm³/mol. The van der Waals surface area contributed by atoms with Crippen LogP contribution in [0.25, 0.3) is 11.4 Å². The third-order valence-electron chi connectivity index (χ3n) is 2.59. The molecule has 21 heavy (non-hydrogen) atoms. The number of benzene rings is 1. The first kappa shape index (κ1) is 14.4. The van der Waals surface area contributed by atoms with Crippen LogP contribution in [0.5, 0.6) is 5.75 Å². The first-order chi connectivity index (χ1) is 10.1. The second kappa shape index (κ2) is 5.99. The van der Waals surface area contributed by atoms with Crippen molar-refractivity contribution in [3.63, 3.8) is 0 Å². The Balaban J connectivity index is 2.36. The largest absolute Gasteiger partial charge is 0.490 e. The number of nitro groups is 1. The Labute approximate surface area is 119 Å². The van der Waals surface area contributed by atoms with Crippen LogP contribution >= 0.6 is 0 Å². The quantitative estimate of drug-likeness (QED) is 0.504. The Hall–Kier alpha value is -2.97. The van der Waals surface area contributed by atoms with E-state index in [0.717, 1.165) is 0 Å². The smallest absolute Gasteiger partial charge is 0.375 e. The second-order valence-corrected chi connectivity index (χ2v) is 3.87. The van der Waals surface area contributed by atoms with E-state index >= 15 is 0 Å². The summed E-state index contributed by atoms with van der Waals surface area (Å²) < 4.78 is 9.68.